The first-order chi connectivity index (χ1) is 7.74. The Kier molecular flexibility index (Phi) is 3.11. The lowest BCUT2D eigenvalue weighted by Gasteiger charge is -2.04. The minimum atomic E-state index is -0.199. The van der Waals surface area contributed by atoms with Crippen molar-refractivity contribution in [2.24, 2.45) is 0 Å². The van der Waals surface area contributed by atoms with Gasteiger partial charge in [0, 0.05) is 10.7 Å². The molecule has 0 aliphatic rings. The van der Waals surface area contributed by atoms with Gasteiger partial charge in [0.05, 0.1) is 0 Å². The zero-order valence-electron chi connectivity index (χ0n) is 8.17. The van der Waals surface area contributed by atoms with Crippen LogP contribution in [-0.4, -0.2) is 26.1 Å². The normalized spacial score (nSPS) is 10.1. The van der Waals surface area contributed by atoms with Crippen LogP contribution in [0.4, 0.5) is 5.69 Å². The fourth-order valence-corrected chi connectivity index (χ4v) is 1.26. The molecule has 1 amide bonds. The lowest BCUT2D eigenvalue weighted by Crippen LogP contribution is -2.19. The van der Waals surface area contributed by atoms with Gasteiger partial charge in [-0.2, -0.15) is 0 Å². The molecular weight excluding hydrogens is 230 g/mol. The monoisotopic (exact) mass is 237 g/mol. The molecule has 2 rings (SSSR count). The van der Waals surface area contributed by atoms with Crippen LogP contribution in [0.3, 0.4) is 0 Å². The number of nitrogens with zero attached hydrogens (tertiary/aromatic N) is 4. The Hall–Kier alpha value is -1.95. The van der Waals surface area contributed by atoms with Crippen LogP contribution in [0.25, 0.3) is 0 Å². The maximum Gasteiger partial charge on any atom is 0.246 e. The molecule has 0 atom stereocenters. The predicted octanol–water partition coefficient (Wildman–Crippen LogP) is 0.965. The average Bonchev–Trinajstić information content (AvgIpc) is 2.74. The van der Waals surface area contributed by atoms with E-state index >= 15 is 0 Å². The Morgan fingerprint density at radius 2 is 2.12 bits per heavy atom. The van der Waals surface area contributed by atoms with Crippen LogP contribution in [0.1, 0.15) is 0 Å². The number of tetrazole rings is 1. The molecule has 6 nitrogen and oxygen atoms in total. The van der Waals surface area contributed by atoms with Gasteiger partial charge in [-0.3, -0.25) is 4.79 Å². The number of amides is 1. The summed E-state index contributed by atoms with van der Waals surface area (Å²) in [5.41, 5.74) is 0.683. The quantitative estimate of drug-likeness (QED) is 0.863. The highest BCUT2D eigenvalue weighted by molar-refractivity contribution is 6.30. The number of halogens is 1. The number of rotatable bonds is 3. The molecule has 0 bridgehead atoms. The highest BCUT2D eigenvalue weighted by Crippen LogP contribution is 2.13. The van der Waals surface area contributed by atoms with Gasteiger partial charge in [0.25, 0.3) is 0 Å². The highest BCUT2D eigenvalue weighted by Gasteiger charge is 2.04. The van der Waals surface area contributed by atoms with Gasteiger partial charge < -0.3 is 5.32 Å². The summed E-state index contributed by atoms with van der Waals surface area (Å²) in [7, 11) is 0. The molecule has 0 spiro atoms. The molecule has 16 heavy (non-hydrogen) atoms. The fraction of sp³-hybridized carbons (Fsp3) is 0.111. The SMILES string of the molecule is O=C(Cn1cnnn1)Nc1ccc(Cl)cc1. The standard InChI is InChI=1S/C9H8ClN5O/c10-7-1-3-8(4-2-7)12-9(16)5-15-6-11-13-14-15/h1-4,6H,5H2,(H,12,16). The summed E-state index contributed by atoms with van der Waals surface area (Å²) in [6.45, 7) is 0.0790. The summed E-state index contributed by atoms with van der Waals surface area (Å²) >= 11 is 5.72. The number of nitrogens with one attached hydrogen (secondary N) is 1. The van der Waals surface area contributed by atoms with Crippen LogP contribution in [0.2, 0.25) is 5.02 Å². The van der Waals surface area contributed by atoms with E-state index in [1.807, 2.05) is 0 Å². The van der Waals surface area contributed by atoms with Crippen molar-refractivity contribution in [2.45, 2.75) is 6.54 Å². The molecule has 0 radical (unpaired) electrons. The van der Waals surface area contributed by atoms with Crippen molar-refractivity contribution in [1.82, 2.24) is 20.2 Å². The number of anilines is 1. The first-order valence-corrected chi connectivity index (χ1v) is 4.88. The Morgan fingerprint density at radius 3 is 2.75 bits per heavy atom. The third kappa shape index (κ3) is 2.77. The van der Waals surface area contributed by atoms with Gasteiger partial charge in [-0.1, -0.05) is 11.6 Å². The van der Waals surface area contributed by atoms with Gasteiger partial charge in [-0.05, 0) is 34.7 Å². The molecule has 0 aliphatic heterocycles. The molecule has 0 saturated carbocycles. The molecule has 7 heteroatoms. The second-order valence-electron chi connectivity index (χ2n) is 3.06. The minimum Gasteiger partial charge on any atom is -0.324 e. The van der Waals surface area contributed by atoms with Crippen LogP contribution < -0.4 is 5.32 Å². The van der Waals surface area contributed by atoms with Crippen molar-refractivity contribution in [3.63, 3.8) is 0 Å². The first kappa shape index (κ1) is 10.6. The number of hydrogen-bond acceptors (Lipinski definition) is 4. The molecule has 0 fully saturated rings. The summed E-state index contributed by atoms with van der Waals surface area (Å²) < 4.78 is 1.34. The van der Waals surface area contributed by atoms with E-state index in [2.05, 4.69) is 20.8 Å². The van der Waals surface area contributed by atoms with Crippen LogP contribution in [0.15, 0.2) is 30.6 Å². The fourth-order valence-electron chi connectivity index (χ4n) is 1.13. The maximum absolute atomic E-state index is 11.5. The number of carbonyl (C=O) groups is 1. The Bertz CT molecular complexity index is 467. The van der Waals surface area contributed by atoms with Crippen LogP contribution in [0, 0.1) is 0 Å². The zero-order chi connectivity index (χ0) is 11.4. The summed E-state index contributed by atoms with van der Waals surface area (Å²) in [5, 5.41) is 13.8. The number of aromatic nitrogens is 4. The van der Waals surface area contributed by atoms with Crippen molar-refractivity contribution < 1.29 is 4.79 Å². The topological polar surface area (TPSA) is 72.7 Å². The van der Waals surface area contributed by atoms with E-state index in [1.54, 1.807) is 24.3 Å². The molecule has 1 aromatic carbocycles. The number of benzene rings is 1. The van der Waals surface area contributed by atoms with Gasteiger partial charge in [-0.15, -0.1) is 5.10 Å². The van der Waals surface area contributed by atoms with Crippen LogP contribution >= 0.6 is 11.6 Å². The molecule has 0 unspecified atom stereocenters. The van der Waals surface area contributed by atoms with Gasteiger partial charge in [0.15, 0.2) is 0 Å². The van der Waals surface area contributed by atoms with Crippen molar-refractivity contribution in [1.29, 1.82) is 0 Å². The molecule has 1 heterocycles. The van der Waals surface area contributed by atoms with E-state index in [1.165, 1.54) is 11.0 Å². The smallest absolute Gasteiger partial charge is 0.246 e. The highest BCUT2D eigenvalue weighted by atomic mass is 35.5. The van der Waals surface area contributed by atoms with Crippen LogP contribution in [-0.2, 0) is 11.3 Å². The van der Waals surface area contributed by atoms with E-state index in [0.29, 0.717) is 10.7 Å². The van der Waals surface area contributed by atoms with Gasteiger partial charge in [-0.25, -0.2) is 4.68 Å². The van der Waals surface area contributed by atoms with E-state index in [4.69, 9.17) is 11.6 Å². The molecule has 82 valence electrons. The Morgan fingerprint density at radius 1 is 1.38 bits per heavy atom. The lowest BCUT2D eigenvalue weighted by atomic mass is 10.3. The van der Waals surface area contributed by atoms with Crippen molar-refractivity contribution in [3.8, 4) is 0 Å². The largest absolute Gasteiger partial charge is 0.324 e. The van der Waals surface area contributed by atoms with E-state index in [0.717, 1.165) is 0 Å². The second-order valence-corrected chi connectivity index (χ2v) is 3.50. The van der Waals surface area contributed by atoms with Crippen LogP contribution in [0.5, 0.6) is 0 Å². The first-order valence-electron chi connectivity index (χ1n) is 4.50. The van der Waals surface area contributed by atoms with E-state index < -0.39 is 0 Å². The third-order valence-electron chi connectivity index (χ3n) is 1.83. The van der Waals surface area contributed by atoms with Crippen molar-refractivity contribution >= 4 is 23.2 Å². The summed E-state index contributed by atoms with van der Waals surface area (Å²) in [4.78, 5) is 11.5. The predicted molar refractivity (Wildman–Crippen MR) is 57.9 cm³/mol. The molecule has 0 aliphatic carbocycles. The Balaban J connectivity index is 1.95. The zero-order valence-corrected chi connectivity index (χ0v) is 8.92. The summed E-state index contributed by atoms with van der Waals surface area (Å²) in [6.07, 6.45) is 1.38. The van der Waals surface area contributed by atoms with Gasteiger partial charge in [0.2, 0.25) is 5.91 Å². The number of carbonyl (C=O) groups excluding carboxylic acids is 1. The molecular formula is C9H8ClN5O. The molecule has 2 aromatic rings. The Labute approximate surface area is 96.2 Å². The average molecular weight is 238 g/mol. The molecule has 1 aromatic heterocycles. The summed E-state index contributed by atoms with van der Waals surface area (Å²) in [6, 6.07) is 6.85. The maximum atomic E-state index is 11.5. The summed E-state index contributed by atoms with van der Waals surface area (Å²) in [5.74, 6) is -0.199. The van der Waals surface area contributed by atoms with E-state index in [-0.39, 0.29) is 12.5 Å². The van der Waals surface area contributed by atoms with Gasteiger partial charge >= 0.3 is 0 Å². The third-order valence-corrected chi connectivity index (χ3v) is 2.08. The minimum absolute atomic E-state index is 0.0790. The van der Waals surface area contributed by atoms with E-state index in [9.17, 15) is 4.79 Å². The molecule has 1 N–H and O–H groups in total. The van der Waals surface area contributed by atoms with Crippen molar-refractivity contribution in [2.75, 3.05) is 5.32 Å². The lowest BCUT2D eigenvalue weighted by molar-refractivity contribution is -0.116. The molecule has 0 saturated heterocycles. The van der Waals surface area contributed by atoms with Gasteiger partial charge in [0.1, 0.15) is 12.9 Å². The van der Waals surface area contributed by atoms with Crippen molar-refractivity contribution in [3.05, 3.63) is 35.6 Å². The second kappa shape index (κ2) is 4.71. The number of hydrogen-bond donors (Lipinski definition) is 1.